The standard InChI is InChI=1S/C15H31N3/c1-5-14-11-17-9-6-7-15(17)12-18(14)13(2)8-10-16(3)4/h13-15H,5-12H2,1-4H3. The van der Waals surface area contributed by atoms with E-state index in [1.165, 1.54) is 51.9 Å². The molecule has 0 saturated carbocycles. The Hall–Kier alpha value is -0.120. The molecule has 2 heterocycles. The summed E-state index contributed by atoms with van der Waals surface area (Å²) in [7, 11) is 4.36. The molecule has 0 N–H and O–H groups in total. The Kier molecular flexibility index (Phi) is 5.05. The van der Waals surface area contributed by atoms with Crippen LogP contribution in [0.4, 0.5) is 0 Å². The SMILES string of the molecule is CCC1CN2CCCC2CN1C(C)CCN(C)C. The van der Waals surface area contributed by atoms with Gasteiger partial charge in [0.1, 0.15) is 0 Å². The predicted molar refractivity (Wildman–Crippen MR) is 78.0 cm³/mol. The van der Waals surface area contributed by atoms with E-state index in [-0.39, 0.29) is 0 Å². The van der Waals surface area contributed by atoms with Gasteiger partial charge in [0.15, 0.2) is 0 Å². The maximum Gasteiger partial charge on any atom is 0.0224 e. The molecule has 3 nitrogen and oxygen atoms in total. The van der Waals surface area contributed by atoms with Crippen molar-refractivity contribution in [2.75, 3.05) is 40.3 Å². The molecule has 3 heteroatoms. The van der Waals surface area contributed by atoms with Gasteiger partial charge in [-0.25, -0.2) is 0 Å². The molecule has 0 aliphatic carbocycles. The Morgan fingerprint density at radius 3 is 2.72 bits per heavy atom. The molecule has 2 saturated heterocycles. The Morgan fingerprint density at radius 1 is 1.28 bits per heavy atom. The molecule has 2 rings (SSSR count). The average Bonchev–Trinajstić information content (AvgIpc) is 2.81. The zero-order chi connectivity index (χ0) is 13.1. The molecule has 0 aromatic carbocycles. The minimum absolute atomic E-state index is 0.736. The predicted octanol–water partition coefficient (Wildman–Crippen LogP) is 1.89. The van der Waals surface area contributed by atoms with E-state index in [0.29, 0.717) is 0 Å². The molecular weight excluding hydrogens is 222 g/mol. The van der Waals surface area contributed by atoms with E-state index in [4.69, 9.17) is 0 Å². The maximum absolute atomic E-state index is 2.80. The largest absolute Gasteiger partial charge is 0.309 e. The van der Waals surface area contributed by atoms with E-state index < -0.39 is 0 Å². The van der Waals surface area contributed by atoms with Crippen molar-refractivity contribution >= 4 is 0 Å². The first kappa shape index (κ1) is 14.3. The first-order chi connectivity index (χ1) is 8.61. The van der Waals surface area contributed by atoms with Gasteiger partial charge >= 0.3 is 0 Å². The summed E-state index contributed by atoms with van der Waals surface area (Å²) in [4.78, 5) is 7.85. The third-order valence-electron chi connectivity index (χ3n) is 4.87. The van der Waals surface area contributed by atoms with Gasteiger partial charge in [-0.15, -0.1) is 0 Å². The molecule has 0 aromatic rings. The van der Waals surface area contributed by atoms with E-state index in [2.05, 4.69) is 42.6 Å². The van der Waals surface area contributed by atoms with E-state index >= 15 is 0 Å². The highest BCUT2D eigenvalue weighted by Crippen LogP contribution is 2.27. The van der Waals surface area contributed by atoms with Crippen molar-refractivity contribution < 1.29 is 0 Å². The Balaban J connectivity index is 1.92. The fraction of sp³-hybridized carbons (Fsp3) is 1.00. The number of rotatable bonds is 5. The van der Waals surface area contributed by atoms with Crippen LogP contribution in [0.25, 0.3) is 0 Å². The number of piperazine rings is 1. The molecule has 3 unspecified atom stereocenters. The molecular formula is C15H31N3. The van der Waals surface area contributed by atoms with Crippen LogP contribution in [0, 0.1) is 0 Å². The van der Waals surface area contributed by atoms with Crippen molar-refractivity contribution in [3.05, 3.63) is 0 Å². The van der Waals surface area contributed by atoms with Crippen LogP contribution in [-0.2, 0) is 0 Å². The van der Waals surface area contributed by atoms with Crippen LogP contribution in [0.3, 0.4) is 0 Å². The highest BCUT2D eigenvalue weighted by Gasteiger charge is 2.36. The van der Waals surface area contributed by atoms with Crippen molar-refractivity contribution in [3.8, 4) is 0 Å². The fourth-order valence-electron chi connectivity index (χ4n) is 3.62. The van der Waals surface area contributed by atoms with Crippen LogP contribution in [0.1, 0.15) is 39.5 Å². The summed E-state index contributed by atoms with van der Waals surface area (Å²) in [5, 5.41) is 0. The van der Waals surface area contributed by atoms with Crippen molar-refractivity contribution in [1.82, 2.24) is 14.7 Å². The van der Waals surface area contributed by atoms with Gasteiger partial charge in [-0.1, -0.05) is 6.92 Å². The van der Waals surface area contributed by atoms with Gasteiger partial charge in [0.25, 0.3) is 0 Å². The summed E-state index contributed by atoms with van der Waals surface area (Å²) < 4.78 is 0. The molecule has 106 valence electrons. The third kappa shape index (κ3) is 3.25. The first-order valence-corrected chi connectivity index (χ1v) is 7.76. The fourth-order valence-corrected chi connectivity index (χ4v) is 3.62. The van der Waals surface area contributed by atoms with E-state index in [1.54, 1.807) is 0 Å². The molecule has 0 bridgehead atoms. The average molecular weight is 253 g/mol. The molecule has 0 spiro atoms. The minimum atomic E-state index is 0.736. The van der Waals surface area contributed by atoms with Crippen molar-refractivity contribution in [2.24, 2.45) is 0 Å². The zero-order valence-corrected chi connectivity index (χ0v) is 12.7. The van der Waals surface area contributed by atoms with E-state index in [1.807, 2.05) is 0 Å². The summed E-state index contributed by atoms with van der Waals surface area (Å²) in [6.45, 7) is 9.97. The molecule has 0 radical (unpaired) electrons. The lowest BCUT2D eigenvalue weighted by Crippen LogP contribution is -2.58. The van der Waals surface area contributed by atoms with Gasteiger partial charge in [-0.2, -0.15) is 0 Å². The minimum Gasteiger partial charge on any atom is -0.309 e. The van der Waals surface area contributed by atoms with Crippen molar-refractivity contribution in [2.45, 2.75) is 57.7 Å². The molecule has 18 heavy (non-hydrogen) atoms. The van der Waals surface area contributed by atoms with Crippen LogP contribution >= 0.6 is 0 Å². The topological polar surface area (TPSA) is 9.72 Å². The van der Waals surface area contributed by atoms with E-state index in [0.717, 1.165) is 18.1 Å². The monoisotopic (exact) mass is 253 g/mol. The number of fused-ring (bicyclic) bond motifs is 1. The van der Waals surface area contributed by atoms with Crippen molar-refractivity contribution in [3.63, 3.8) is 0 Å². The second-order valence-electron chi connectivity index (χ2n) is 6.49. The summed E-state index contributed by atoms with van der Waals surface area (Å²) in [6.07, 6.45) is 5.44. The normalized spacial score (nSPS) is 31.8. The molecule has 0 amide bonds. The second kappa shape index (κ2) is 6.36. The highest BCUT2D eigenvalue weighted by molar-refractivity contribution is 4.93. The van der Waals surface area contributed by atoms with Crippen LogP contribution in [0.2, 0.25) is 0 Å². The summed E-state index contributed by atoms with van der Waals surface area (Å²) in [5.74, 6) is 0. The first-order valence-electron chi connectivity index (χ1n) is 7.76. The van der Waals surface area contributed by atoms with Gasteiger partial charge in [0.2, 0.25) is 0 Å². The lowest BCUT2D eigenvalue weighted by molar-refractivity contribution is 0.0193. The van der Waals surface area contributed by atoms with Crippen LogP contribution in [0.15, 0.2) is 0 Å². The smallest absolute Gasteiger partial charge is 0.0224 e. The lowest BCUT2D eigenvalue weighted by atomic mass is 10.0. The Bertz CT molecular complexity index is 254. The molecule has 0 aromatic heterocycles. The second-order valence-corrected chi connectivity index (χ2v) is 6.49. The van der Waals surface area contributed by atoms with Crippen LogP contribution < -0.4 is 0 Å². The van der Waals surface area contributed by atoms with E-state index in [9.17, 15) is 0 Å². The Labute approximate surface area is 113 Å². The molecule has 3 atom stereocenters. The molecule has 2 fully saturated rings. The lowest BCUT2D eigenvalue weighted by Gasteiger charge is -2.46. The van der Waals surface area contributed by atoms with Crippen LogP contribution in [-0.4, -0.2) is 73.1 Å². The van der Waals surface area contributed by atoms with Gasteiger partial charge in [-0.3, -0.25) is 9.80 Å². The van der Waals surface area contributed by atoms with Crippen LogP contribution in [0.5, 0.6) is 0 Å². The summed E-state index contributed by atoms with van der Waals surface area (Å²) >= 11 is 0. The van der Waals surface area contributed by atoms with Gasteiger partial charge < -0.3 is 4.90 Å². The number of hydrogen-bond donors (Lipinski definition) is 0. The summed E-state index contributed by atoms with van der Waals surface area (Å²) in [6, 6.07) is 2.38. The Morgan fingerprint density at radius 2 is 2.06 bits per heavy atom. The van der Waals surface area contributed by atoms with Gasteiger partial charge in [0.05, 0.1) is 0 Å². The molecule has 2 aliphatic rings. The highest BCUT2D eigenvalue weighted by atomic mass is 15.3. The summed E-state index contributed by atoms with van der Waals surface area (Å²) in [5.41, 5.74) is 0. The van der Waals surface area contributed by atoms with Gasteiger partial charge in [-0.05, 0) is 59.8 Å². The maximum atomic E-state index is 2.80. The zero-order valence-electron chi connectivity index (χ0n) is 12.7. The quantitative estimate of drug-likeness (QED) is 0.741. The third-order valence-corrected chi connectivity index (χ3v) is 4.87. The van der Waals surface area contributed by atoms with Gasteiger partial charge in [0, 0.05) is 31.2 Å². The number of nitrogens with zero attached hydrogens (tertiary/aromatic N) is 3. The molecule has 2 aliphatic heterocycles. The number of hydrogen-bond acceptors (Lipinski definition) is 3. The van der Waals surface area contributed by atoms with Crippen molar-refractivity contribution in [1.29, 1.82) is 0 Å².